The first kappa shape index (κ1) is 15.4. The van der Waals surface area contributed by atoms with Crippen LogP contribution in [0.25, 0.3) is 0 Å². The highest BCUT2D eigenvalue weighted by molar-refractivity contribution is 7.89. The van der Waals surface area contributed by atoms with Crippen LogP contribution in [0.2, 0.25) is 0 Å². The van der Waals surface area contributed by atoms with E-state index < -0.39 is 10.0 Å². The lowest BCUT2D eigenvalue weighted by Gasteiger charge is -2.06. The molecular weight excluding hydrogens is 270 g/mol. The SMILES string of the molecule is CCCNC(=O)CCNS(=O)(=O)c1cn(C)nc1N. The fourth-order valence-electron chi connectivity index (χ4n) is 1.42. The summed E-state index contributed by atoms with van der Waals surface area (Å²) in [4.78, 5) is 11.2. The molecule has 108 valence electrons. The molecule has 1 aromatic heterocycles. The third-order valence-corrected chi connectivity index (χ3v) is 3.81. The summed E-state index contributed by atoms with van der Waals surface area (Å²) in [5.41, 5.74) is 5.49. The van der Waals surface area contributed by atoms with E-state index in [2.05, 4.69) is 15.1 Å². The average Bonchev–Trinajstić information content (AvgIpc) is 2.66. The first-order valence-corrected chi connectivity index (χ1v) is 7.40. The Morgan fingerprint density at radius 1 is 1.47 bits per heavy atom. The first-order valence-electron chi connectivity index (χ1n) is 5.92. The third-order valence-electron chi connectivity index (χ3n) is 2.33. The van der Waals surface area contributed by atoms with Gasteiger partial charge in [-0.25, -0.2) is 13.1 Å². The van der Waals surface area contributed by atoms with Crippen LogP contribution in [0, 0.1) is 0 Å². The van der Waals surface area contributed by atoms with Gasteiger partial charge in [-0.1, -0.05) is 6.92 Å². The maximum atomic E-state index is 11.9. The fraction of sp³-hybridized carbons (Fsp3) is 0.600. The fourth-order valence-corrected chi connectivity index (χ4v) is 2.55. The molecule has 4 N–H and O–H groups in total. The van der Waals surface area contributed by atoms with Gasteiger partial charge in [-0.05, 0) is 6.42 Å². The molecule has 0 fully saturated rings. The van der Waals surface area contributed by atoms with E-state index in [0.717, 1.165) is 6.42 Å². The van der Waals surface area contributed by atoms with E-state index in [-0.39, 0.29) is 29.6 Å². The number of nitrogens with two attached hydrogens (primary N) is 1. The molecule has 0 aliphatic rings. The number of amides is 1. The number of nitrogens with one attached hydrogen (secondary N) is 2. The van der Waals surface area contributed by atoms with Crippen molar-refractivity contribution in [3.8, 4) is 0 Å². The lowest BCUT2D eigenvalue weighted by Crippen LogP contribution is -2.31. The molecule has 0 unspecified atom stereocenters. The van der Waals surface area contributed by atoms with Crippen LogP contribution in [0.1, 0.15) is 19.8 Å². The van der Waals surface area contributed by atoms with E-state index in [1.54, 1.807) is 7.05 Å². The predicted molar refractivity (Wildman–Crippen MR) is 70.7 cm³/mol. The normalized spacial score (nSPS) is 11.5. The van der Waals surface area contributed by atoms with Crippen molar-refractivity contribution in [3.05, 3.63) is 6.20 Å². The number of anilines is 1. The molecule has 0 aromatic carbocycles. The third kappa shape index (κ3) is 4.52. The highest BCUT2D eigenvalue weighted by atomic mass is 32.2. The topological polar surface area (TPSA) is 119 Å². The number of rotatable bonds is 7. The molecule has 19 heavy (non-hydrogen) atoms. The van der Waals surface area contributed by atoms with Crippen molar-refractivity contribution in [2.75, 3.05) is 18.8 Å². The zero-order chi connectivity index (χ0) is 14.5. The number of hydrogen-bond donors (Lipinski definition) is 3. The number of nitrogen functional groups attached to an aromatic ring is 1. The molecule has 1 aromatic rings. The Hall–Kier alpha value is -1.61. The van der Waals surface area contributed by atoms with Crippen molar-refractivity contribution in [1.29, 1.82) is 0 Å². The van der Waals surface area contributed by atoms with Gasteiger partial charge in [-0.2, -0.15) is 5.10 Å². The zero-order valence-corrected chi connectivity index (χ0v) is 11.8. The molecule has 0 aliphatic heterocycles. The number of carbonyl (C=O) groups is 1. The minimum absolute atomic E-state index is 0.0201. The minimum atomic E-state index is -3.72. The summed E-state index contributed by atoms with van der Waals surface area (Å²) in [7, 11) is -2.15. The number of hydrogen-bond acceptors (Lipinski definition) is 5. The molecule has 0 spiro atoms. The summed E-state index contributed by atoms with van der Waals surface area (Å²) in [6.07, 6.45) is 2.23. The van der Waals surface area contributed by atoms with Crippen molar-refractivity contribution in [3.63, 3.8) is 0 Å². The number of aromatic nitrogens is 2. The lowest BCUT2D eigenvalue weighted by molar-refractivity contribution is -0.120. The van der Waals surface area contributed by atoms with Crippen molar-refractivity contribution < 1.29 is 13.2 Å². The van der Waals surface area contributed by atoms with Gasteiger partial charge in [0.1, 0.15) is 4.90 Å². The van der Waals surface area contributed by atoms with Gasteiger partial charge in [0.15, 0.2) is 5.82 Å². The summed E-state index contributed by atoms with van der Waals surface area (Å²) in [6, 6.07) is 0. The van der Waals surface area contributed by atoms with Crippen molar-refractivity contribution in [2.24, 2.45) is 7.05 Å². The van der Waals surface area contributed by atoms with Gasteiger partial charge in [0, 0.05) is 32.8 Å². The molecule has 0 saturated heterocycles. The van der Waals surface area contributed by atoms with E-state index >= 15 is 0 Å². The van der Waals surface area contributed by atoms with Crippen molar-refractivity contribution >= 4 is 21.7 Å². The van der Waals surface area contributed by atoms with Crippen LogP contribution in [0.5, 0.6) is 0 Å². The van der Waals surface area contributed by atoms with Crippen LogP contribution in [0.4, 0.5) is 5.82 Å². The van der Waals surface area contributed by atoms with E-state index in [4.69, 9.17) is 5.73 Å². The molecule has 1 rings (SSSR count). The zero-order valence-electron chi connectivity index (χ0n) is 11.0. The highest BCUT2D eigenvalue weighted by Crippen LogP contribution is 2.14. The summed E-state index contributed by atoms with van der Waals surface area (Å²) in [6.45, 7) is 2.54. The summed E-state index contributed by atoms with van der Waals surface area (Å²) in [5, 5.41) is 6.42. The highest BCUT2D eigenvalue weighted by Gasteiger charge is 2.20. The Morgan fingerprint density at radius 2 is 2.16 bits per heavy atom. The molecule has 1 heterocycles. The monoisotopic (exact) mass is 289 g/mol. The smallest absolute Gasteiger partial charge is 0.245 e. The van der Waals surface area contributed by atoms with Gasteiger partial charge < -0.3 is 11.1 Å². The average molecular weight is 289 g/mol. The minimum Gasteiger partial charge on any atom is -0.381 e. The van der Waals surface area contributed by atoms with Crippen LogP contribution < -0.4 is 15.8 Å². The van der Waals surface area contributed by atoms with Gasteiger partial charge in [0.2, 0.25) is 15.9 Å². The molecule has 0 radical (unpaired) electrons. The van der Waals surface area contributed by atoms with Crippen LogP contribution in [-0.4, -0.2) is 37.2 Å². The second kappa shape index (κ2) is 6.53. The summed E-state index contributed by atoms with van der Waals surface area (Å²) >= 11 is 0. The Labute approximate surface area is 112 Å². The molecule has 0 atom stereocenters. The summed E-state index contributed by atoms with van der Waals surface area (Å²) in [5.74, 6) is -0.255. The standard InChI is InChI=1S/C10H19N5O3S/c1-3-5-12-9(16)4-6-13-19(17,18)8-7-15(2)14-10(8)11/h7,13H,3-6H2,1-2H3,(H2,11,14)(H,12,16). The van der Waals surface area contributed by atoms with Gasteiger partial charge >= 0.3 is 0 Å². The lowest BCUT2D eigenvalue weighted by atomic mass is 10.4. The molecule has 1 amide bonds. The van der Waals surface area contributed by atoms with E-state index in [0.29, 0.717) is 6.54 Å². The molecular formula is C10H19N5O3S. The van der Waals surface area contributed by atoms with Crippen molar-refractivity contribution in [2.45, 2.75) is 24.7 Å². The van der Waals surface area contributed by atoms with Crippen LogP contribution in [0.3, 0.4) is 0 Å². The maximum absolute atomic E-state index is 11.9. The van der Waals surface area contributed by atoms with Gasteiger partial charge in [-0.3, -0.25) is 9.48 Å². The Balaban J connectivity index is 2.53. The van der Waals surface area contributed by atoms with Gasteiger partial charge in [0.05, 0.1) is 0 Å². The molecule has 0 saturated carbocycles. The Kier molecular flexibility index (Phi) is 5.31. The van der Waals surface area contributed by atoms with Crippen LogP contribution >= 0.6 is 0 Å². The second-order valence-electron chi connectivity index (χ2n) is 4.05. The quantitative estimate of drug-likeness (QED) is 0.607. The Morgan fingerprint density at radius 3 is 2.68 bits per heavy atom. The summed E-state index contributed by atoms with van der Waals surface area (Å²) < 4.78 is 27.4. The number of nitrogens with zero attached hydrogens (tertiary/aromatic N) is 2. The van der Waals surface area contributed by atoms with E-state index in [9.17, 15) is 13.2 Å². The molecule has 9 heteroatoms. The van der Waals surface area contributed by atoms with Crippen LogP contribution in [0.15, 0.2) is 11.1 Å². The number of sulfonamides is 1. The number of carbonyl (C=O) groups excluding carboxylic acids is 1. The van der Waals surface area contributed by atoms with E-state index in [1.165, 1.54) is 10.9 Å². The number of aryl methyl sites for hydroxylation is 1. The largest absolute Gasteiger partial charge is 0.381 e. The van der Waals surface area contributed by atoms with Gasteiger partial charge in [0.25, 0.3) is 0 Å². The second-order valence-corrected chi connectivity index (χ2v) is 5.79. The van der Waals surface area contributed by atoms with E-state index in [1.807, 2.05) is 6.92 Å². The van der Waals surface area contributed by atoms with Gasteiger partial charge in [-0.15, -0.1) is 0 Å². The predicted octanol–water partition coefficient (Wildman–Crippen LogP) is -0.803. The molecule has 8 nitrogen and oxygen atoms in total. The molecule has 0 aliphatic carbocycles. The first-order chi connectivity index (χ1) is 8.86. The Bertz CT molecular complexity index is 537. The molecule has 0 bridgehead atoms. The van der Waals surface area contributed by atoms with Crippen molar-refractivity contribution in [1.82, 2.24) is 19.8 Å². The van der Waals surface area contributed by atoms with Crippen LogP contribution in [-0.2, 0) is 21.9 Å². The maximum Gasteiger partial charge on any atom is 0.245 e.